The Balaban J connectivity index is 1.56. The number of hydrogen-bond acceptors (Lipinski definition) is 5. The van der Waals surface area contributed by atoms with Crippen molar-refractivity contribution in [3.8, 4) is 17.0 Å². The molecule has 4 rings (SSSR count). The number of aryl methyl sites for hydroxylation is 1. The number of hydrogen-bond donors (Lipinski definition) is 1. The van der Waals surface area contributed by atoms with Gasteiger partial charge in [-0.25, -0.2) is 9.50 Å². The van der Waals surface area contributed by atoms with E-state index in [-0.39, 0.29) is 5.56 Å². The molecule has 4 aromatic rings. The highest BCUT2D eigenvalue weighted by Crippen LogP contribution is 2.20. The molecule has 7 heteroatoms. The van der Waals surface area contributed by atoms with Crippen LogP contribution < -0.4 is 10.3 Å². The zero-order valence-corrected chi connectivity index (χ0v) is 19.4. The number of nitrogens with zero attached hydrogens (tertiary/aromatic N) is 3. The Bertz CT molecular complexity index is 1260. The van der Waals surface area contributed by atoms with E-state index >= 15 is 0 Å². The molecule has 0 bridgehead atoms. The maximum atomic E-state index is 12.8. The predicted octanol–water partition coefficient (Wildman–Crippen LogP) is 4.05. The number of nitrogens with one attached hydrogen (secondary N) is 1. The average Bonchev–Trinajstić information content (AvgIpc) is 3.24. The van der Waals surface area contributed by atoms with E-state index in [9.17, 15) is 4.79 Å². The SMILES string of the molecule is CCOc1ccc(CN(CCOC)Cc2cc(=O)n3[nH]c(-c4cccc(C)c4)cc3n2)cc1. The highest BCUT2D eigenvalue weighted by Gasteiger charge is 2.12. The first-order valence-electron chi connectivity index (χ1n) is 11.2. The summed E-state index contributed by atoms with van der Waals surface area (Å²) in [6.45, 7) is 7.26. The summed E-state index contributed by atoms with van der Waals surface area (Å²) in [6.07, 6.45) is 0. The summed E-state index contributed by atoms with van der Waals surface area (Å²) in [5, 5.41) is 3.17. The maximum Gasteiger partial charge on any atom is 0.272 e. The third kappa shape index (κ3) is 5.69. The summed E-state index contributed by atoms with van der Waals surface area (Å²) in [6, 6.07) is 19.8. The molecule has 7 nitrogen and oxygen atoms in total. The fourth-order valence-corrected chi connectivity index (χ4v) is 3.86. The van der Waals surface area contributed by atoms with E-state index in [4.69, 9.17) is 14.5 Å². The van der Waals surface area contributed by atoms with Gasteiger partial charge in [-0.2, -0.15) is 0 Å². The molecule has 0 aliphatic carbocycles. The van der Waals surface area contributed by atoms with Crippen LogP contribution in [0.5, 0.6) is 5.75 Å². The van der Waals surface area contributed by atoms with E-state index in [0.717, 1.165) is 46.9 Å². The van der Waals surface area contributed by atoms with Crippen molar-refractivity contribution in [1.29, 1.82) is 0 Å². The largest absolute Gasteiger partial charge is 0.494 e. The lowest BCUT2D eigenvalue weighted by atomic mass is 10.1. The summed E-state index contributed by atoms with van der Waals surface area (Å²) < 4.78 is 12.3. The molecule has 0 atom stereocenters. The molecule has 0 amide bonds. The lowest BCUT2D eigenvalue weighted by molar-refractivity contribution is 0.139. The molecule has 2 aromatic heterocycles. The van der Waals surface area contributed by atoms with E-state index < -0.39 is 0 Å². The third-order valence-electron chi connectivity index (χ3n) is 5.47. The Hall–Kier alpha value is -3.42. The second-order valence-corrected chi connectivity index (χ2v) is 8.10. The smallest absolute Gasteiger partial charge is 0.272 e. The quantitative estimate of drug-likeness (QED) is 0.398. The predicted molar refractivity (Wildman–Crippen MR) is 130 cm³/mol. The molecule has 2 aromatic carbocycles. The molecule has 33 heavy (non-hydrogen) atoms. The van der Waals surface area contributed by atoms with E-state index in [1.165, 1.54) is 4.52 Å². The molecule has 0 radical (unpaired) electrons. The van der Waals surface area contributed by atoms with Crippen LogP contribution in [-0.4, -0.2) is 46.4 Å². The molecule has 0 spiro atoms. The van der Waals surface area contributed by atoms with Gasteiger partial charge in [-0.1, -0.05) is 35.9 Å². The van der Waals surface area contributed by atoms with Crippen LogP contribution in [0.4, 0.5) is 0 Å². The number of aromatic amines is 1. The van der Waals surface area contributed by atoms with E-state index in [1.807, 2.05) is 50.2 Å². The highest BCUT2D eigenvalue weighted by atomic mass is 16.5. The fourth-order valence-electron chi connectivity index (χ4n) is 3.86. The number of fused-ring (bicyclic) bond motifs is 1. The average molecular weight is 447 g/mol. The molecule has 1 N–H and O–H groups in total. The summed E-state index contributed by atoms with van der Waals surface area (Å²) >= 11 is 0. The number of ether oxygens (including phenoxy) is 2. The van der Waals surface area contributed by atoms with Crippen LogP contribution in [0.15, 0.2) is 65.5 Å². The number of benzene rings is 2. The van der Waals surface area contributed by atoms with Crippen LogP contribution in [0.3, 0.4) is 0 Å². The Morgan fingerprint density at radius 2 is 1.88 bits per heavy atom. The Morgan fingerprint density at radius 1 is 1.06 bits per heavy atom. The number of H-pyrrole nitrogens is 1. The summed E-state index contributed by atoms with van der Waals surface area (Å²) in [7, 11) is 1.69. The van der Waals surface area contributed by atoms with Crippen LogP contribution in [0.25, 0.3) is 16.9 Å². The normalized spacial score (nSPS) is 11.4. The minimum atomic E-state index is -0.123. The van der Waals surface area contributed by atoms with Crippen molar-refractivity contribution in [2.24, 2.45) is 0 Å². The van der Waals surface area contributed by atoms with E-state index in [0.29, 0.717) is 25.4 Å². The van der Waals surface area contributed by atoms with Gasteiger partial charge in [-0.05, 0) is 43.2 Å². The first kappa shape index (κ1) is 22.8. The Labute approximate surface area is 193 Å². The van der Waals surface area contributed by atoms with Gasteiger partial charge in [0.15, 0.2) is 5.65 Å². The van der Waals surface area contributed by atoms with Gasteiger partial charge in [0.2, 0.25) is 0 Å². The summed E-state index contributed by atoms with van der Waals surface area (Å²) in [5.74, 6) is 0.863. The molecular weight excluding hydrogens is 416 g/mol. The van der Waals surface area contributed by atoms with Gasteiger partial charge < -0.3 is 9.47 Å². The van der Waals surface area contributed by atoms with Gasteiger partial charge in [0.1, 0.15) is 5.75 Å². The molecule has 0 aliphatic heterocycles. The number of rotatable bonds is 10. The van der Waals surface area contributed by atoms with Gasteiger partial charge in [0, 0.05) is 38.9 Å². The minimum absolute atomic E-state index is 0.123. The van der Waals surface area contributed by atoms with E-state index in [1.54, 1.807) is 13.2 Å². The molecule has 0 aliphatic rings. The zero-order valence-electron chi connectivity index (χ0n) is 19.4. The molecule has 172 valence electrons. The van der Waals surface area contributed by atoms with Crippen molar-refractivity contribution in [2.45, 2.75) is 26.9 Å². The van der Waals surface area contributed by atoms with E-state index in [2.05, 4.69) is 28.2 Å². The molecule has 0 saturated carbocycles. The van der Waals surface area contributed by atoms with Crippen LogP contribution >= 0.6 is 0 Å². The standard InChI is InChI=1S/C26H30N4O3/c1-4-33-23-10-8-20(9-11-23)17-29(12-13-32-3)18-22-15-26(31)30-25(27-22)16-24(28-30)21-7-5-6-19(2)14-21/h5-11,14-16,28H,4,12-13,17-18H2,1-3H3. The van der Waals surface area contributed by atoms with Gasteiger partial charge in [-0.15, -0.1) is 0 Å². The number of aromatic nitrogens is 3. The number of methoxy groups -OCH3 is 1. The van der Waals surface area contributed by atoms with Gasteiger partial charge >= 0.3 is 0 Å². The Kier molecular flexibility index (Phi) is 7.22. The topological polar surface area (TPSA) is 71.9 Å². The van der Waals surface area contributed by atoms with Gasteiger partial charge in [0.25, 0.3) is 5.56 Å². The van der Waals surface area contributed by atoms with Crippen LogP contribution in [0.2, 0.25) is 0 Å². The molecule has 2 heterocycles. The lowest BCUT2D eigenvalue weighted by Crippen LogP contribution is -2.28. The fraction of sp³-hybridized carbons (Fsp3) is 0.308. The summed E-state index contributed by atoms with van der Waals surface area (Å²) in [4.78, 5) is 19.8. The van der Waals surface area contributed by atoms with Gasteiger partial charge in [0.05, 0.1) is 24.6 Å². The molecule has 0 unspecified atom stereocenters. The second kappa shape index (κ2) is 10.5. The molecular formula is C26H30N4O3. The van der Waals surface area contributed by atoms with Crippen molar-refractivity contribution in [3.63, 3.8) is 0 Å². The van der Waals surface area contributed by atoms with Crippen LogP contribution in [-0.2, 0) is 17.8 Å². The minimum Gasteiger partial charge on any atom is -0.494 e. The highest BCUT2D eigenvalue weighted by molar-refractivity contribution is 5.64. The van der Waals surface area contributed by atoms with Crippen molar-refractivity contribution >= 4 is 5.65 Å². The van der Waals surface area contributed by atoms with Crippen molar-refractivity contribution in [2.75, 3.05) is 26.9 Å². The monoisotopic (exact) mass is 446 g/mol. The first-order chi connectivity index (χ1) is 16.1. The Morgan fingerprint density at radius 3 is 2.61 bits per heavy atom. The first-order valence-corrected chi connectivity index (χ1v) is 11.2. The molecule has 0 fully saturated rings. The maximum absolute atomic E-state index is 12.8. The third-order valence-corrected chi connectivity index (χ3v) is 5.47. The van der Waals surface area contributed by atoms with Crippen molar-refractivity contribution < 1.29 is 9.47 Å². The van der Waals surface area contributed by atoms with Crippen molar-refractivity contribution in [3.05, 3.63) is 87.8 Å². The zero-order chi connectivity index (χ0) is 23.2. The van der Waals surface area contributed by atoms with Crippen LogP contribution in [0, 0.1) is 6.92 Å². The lowest BCUT2D eigenvalue weighted by Gasteiger charge is -2.22. The van der Waals surface area contributed by atoms with Gasteiger partial charge in [-0.3, -0.25) is 14.8 Å². The van der Waals surface area contributed by atoms with Crippen molar-refractivity contribution in [1.82, 2.24) is 19.5 Å². The van der Waals surface area contributed by atoms with Crippen LogP contribution in [0.1, 0.15) is 23.7 Å². The summed E-state index contributed by atoms with van der Waals surface area (Å²) in [5.41, 5.74) is 5.44. The second-order valence-electron chi connectivity index (χ2n) is 8.10. The molecule has 0 saturated heterocycles.